The summed E-state index contributed by atoms with van der Waals surface area (Å²) in [5.41, 5.74) is 3.70. The molecule has 0 bridgehead atoms. The third-order valence-corrected chi connectivity index (χ3v) is 6.27. The zero-order chi connectivity index (χ0) is 20.1. The van der Waals surface area contributed by atoms with Gasteiger partial charge in [-0.2, -0.15) is 0 Å². The zero-order valence-electron chi connectivity index (χ0n) is 15.5. The Kier molecular flexibility index (Phi) is 4.38. The van der Waals surface area contributed by atoms with E-state index in [1.165, 1.54) is 13.2 Å². The van der Waals surface area contributed by atoms with Crippen LogP contribution in [0.3, 0.4) is 0 Å². The minimum absolute atomic E-state index is 0.141. The summed E-state index contributed by atoms with van der Waals surface area (Å²) in [5.74, 6) is -0.162. The van der Waals surface area contributed by atoms with Crippen molar-refractivity contribution in [1.82, 2.24) is 5.32 Å². The summed E-state index contributed by atoms with van der Waals surface area (Å²) in [6.45, 7) is 1.72. The molecule has 2 unspecified atom stereocenters. The second kappa shape index (κ2) is 6.63. The van der Waals surface area contributed by atoms with Crippen LogP contribution in [0.15, 0.2) is 47.4 Å². The van der Waals surface area contributed by atoms with E-state index in [1.807, 2.05) is 18.2 Å². The highest BCUT2D eigenvalue weighted by Crippen LogP contribution is 2.40. The molecule has 0 spiro atoms. The maximum absolute atomic E-state index is 12.3. The quantitative estimate of drug-likeness (QED) is 0.849. The van der Waals surface area contributed by atoms with Gasteiger partial charge >= 0.3 is 6.09 Å². The van der Waals surface area contributed by atoms with Crippen molar-refractivity contribution in [2.45, 2.75) is 30.4 Å². The lowest BCUT2D eigenvalue weighted by Crippen LogP contribution is -2.40. The van der Waals surface area contributed by atoms with E-state index in [0.717, 1.165) is 22.4 Å². The fraction of sp³-hybridized carbons (Fsp3) is 0.300. The number of fused-ring (bicyclic) bond motifs is 3. The molecule has 7 nitrogen and oxygen atoms in total. The molecule has 1 N–H and O–H groups in total. The minimum atomic E-state index is -3.23. The SMILES string of the molecule is CC(=O)NCC1OC(=O)N2c3ccc(-c4ccc(S(C)(=O)=O)cc4)cc3CC12. The molecule has 2 aliphatic heterocycles. The summed E-state index contributed by atoms with van der Waals surface area (Å²) in [5, 5.41) is 2.71. The Morgan fingerprint density at radius 3 is 2.50 bits per heavy atom. The first kappa shape index (κ1) is 18.5. The van der Waals surface area contributed by atoms with Crippen molar-refractivity contribution in [2.24, 2.45) is 0 Å². The molecule has 0 aromatic heterocycles. The van der Waals surface area contributed by atoms with E-state index >= 15 is 0 Å². The third kappa shape index (κ3) is 3.24. The van der Waals surface area contributed by atoms with Gasteiger partial charge in [0, 0.05) is 13.2 Å². The number of anilines is 1. The summed E-state index contributed by atoms with van der Waals surface area (Å²) in [6, 6.07) is 12.4. The Morgan fingerprint density at radius 1 is 1.18 bits per heavy atom. The fourth-order valence-corrected chi connectivity index (χ4v) is 4.40. The van der Waals surface area contributed by atoms with E-state index in [0.29, 0.717) is 6.42 Å². The lowest BCUT2D eigenvalue weighted by atomic mass is 10.00. The highest BCUT2D eigenvalue weighted by Gasteiger charge is 2.47. The fourth-order valence-electron chi connectivity index (χ4n) is 3.77. The summed E-state index contributed by atoms with van der Waals surface area (Å²) >= 11 is 0. The predicted molar refractivity (Wildman–Crippen MR) is 104 cm³/mol. The second-order valence-corrected chi connectivity index (χ2v) is 9.16. The van der Waals surface area contributed by atoms with Crippen LogP contribution >= 0.6 is 0 Å². The van der Waals surface area contributed by atoms with Crippen molar-refractivity contribution in [3.8, 4) is 11.1 Å². The third-order valence-electron chi connectivity index (χ3n) is 5.15. The van der Waals surface area contributed by atoms with Gasteiger partial charge in [0.1, 0.15) is 6.10 Å². The lowest BCUT2D eigenvalue weighted by Gasteiger charge is -2.16. The maximum Gasteiger partial charge on any atom is 0.415 e. The number of amides is 2. The Labute approximate surface area is 163 Å². The van der Waals surface area contributed by atoms with Gasteiger partial charge in [-0.25, -0.2) is 13.2 Å². The Bertz CT molecular complexity index is 1060. The van der Waals surface area contributed by atoms with Gasteiger partial charge < -0.3 is 10.1 Å². The van der Waals surface area contributed by atoms with Crippen LogP contribution in [0.2, 0.25) is 0 Å². The summed E-state index contributed by atoms with van der Waals surface area (Å²) in [4.78, 5) is 25.4. The van der Waals surface area contributed by atoms with Crippen molar-refractivity contribution < 1.29 is 22.7 Å². The number of nitrogens with zero attached hydrogens (tertiary/aromatic N) is 1. The van der Waals surface area contributed by atoms with Crippen LogP contribution in [0.1, 0.15) is 12.5 Å². The van der Waals surface area contributed by atoms with E-state index in [2.05, 4.69) is 5.32 Å². The van der Waals surface area contributed by atoms with Gasteiger partial charge in [-0.1, -0.05) is 18.2 Å². The molecular weight excluding hydrogens is 380 g/mol. The summed E-state index contributed by atoms with van der Waals surface area (Å²) in [6.07, 6.45) is 1.03. The molecule has 4 rings (SSSR count). The molecule has 146 valence electrons. The molecule has 2 aromatic rings. The number of sulfone groups is 1. The summed E-state index contributed by atoms with van der Waals surface area (Å²) < 4.78 is 28.7. The first-order chi connectivity index (χ1) is 13.2. The van der Waals surface area contributed by atoms with Crippen LogP contribution < -0.4 is 10.2 Å². The standard InChI is InChI=1S/C20H20N2O5S/c1-12(23)21-11-19-18-10-15-9-14(5-8-17(15)22(18)20(24)27-19)13-3-6-16(7-4-13)28(2,25)26/h3-9,18-19H,10-11H2,1-2H3,(H,21,23). The minimum Gasteiger partial charge on any atom is -0.442 e. The largest absolute Gasteiger partial charge is 0.442 e. The van der Waals surface area contributed by atoms with Crippen LogP contribution in [0.5, 0.6) is 0 Å². The first-order valence-corrected chi connectivity index (χ1v) is 10.8. The normalized spacial score (nSPS) is 20.5. The van der Waals surface area contributed by atoms with Crippen LogP contribution in [0.25, 0.3) is 11.1 Å². The van der Waals surface area contributed by atoms with Gasteiger partial charge in [0.2, 0.25) is 5.91 Å². The van der Waals surface area contributed by atoms with Crippen LogP contribution in [0.4, 0.5) is 10.5 Å². The number of cyclic esters (lactones) is 1. The molecule has 2 aliphatic rings. The Balaban J connectivity index is 1.60. The van der Waals surface area contributed by atoms with Crippen LogP contribution in [-0.2, 0) is 25.8 Å². The van der Waals surface area contributed by atoms with E-state index in [9.17, 15) is 18.0 Å². The van der Waals surface area contributed by atoms with Crippen molar-refractivity contribution in [1.29, 1.82) is 0 Å². The molecule has 2 atom stereocenters. The van der Waals surface area contributed by atoms with Crippen LogP contribution in [0, 0.1) is 0 Å². The highest BCUT2D eigenvalue weighted by atomic mass is 32.2. The molecule has 1 fully saturated rings. The molecular formula is C20H20N2O5S. The predicted octanol–water partition coefficient (Wildman–Crippen LogP) is 2.14. The molecule has 2 amide bonds. The topological polar surface area (TPSA) is 92.8 Å². The van der Waals surface area contributed by atoms with Crippen molar-refractivity contribution in [2.75, 3.05) is 17.7 Å². The van der Waals surface area contributed by atoms with Gasteiger partial charge in [0.25, 0.3) is 0 Å². The number of hydrogen-bond acceptors (Lipinski definition) is 5. The summed E-state index contributed by atoms with van der Waals surface area (Å²) in [7, 11) is -3.23. The smallest absolute Gasteiger partial charge is 0.415 e. The molecule has 1 saturated heterocycles. The highest BCUT2D eigenvalue weighted by molar-refractivity contribution is 7.90. The molecule has 8 heteroatoms. The van der Waals surface area contributed by atoms with Crippen molar-refractivity contribution in [3.05, 3.63) is 48.0 Å². The van der Waals surface area contributed by atoms with Crippen LogP contribution in [-0.4, -0.2) is 45.4 Å². The van der Waals surface area contributed by atoms with Crippen molar-refractivity contribution >= 4 is 27.5 Å². The number of benzene rings is 2. The average Bonchev–Trinajstić information content (AvgIpc) is 3.16. The average molecular weight is 400 g/mol. The van der Waals surface area contributed by atoms with Crippen molar-refractivity contribution in [3.63, 3.8) is 0 Å². The van der Waals surface area contributed by atoms with E-state index in [1.54, 1.807) is 29.2 Å². The Hall–Kier alpha value is -2.87. The molecule has 28 heavy (non-hydrogen) atoms. The van der Waals surface area contributed by atoms with Gasteiger partial charge in [0.15, 0.2) is 9.84 Å². The molecule has 0 radical (unpaired) electrons. The van der Waals surface area contributed by atoms with Gasteiger partial charge in [0.05, 0.1) is 23.2 Å². The number of rotatable bonds is 4. The number of nitrogens with one attached hydrogen (secondary N) is 1. The Morgan fingerprint density at radius 2 is 1.86 bits per heavy atom. The van der Waals surface area contributed by atoms with Gasteiger partial charge in [-0.05, 0) is 47.4 Å². The number of ether oxygens (including phenoxy) is 1. The monoisotopic (exact) mass is 400 g/mol. The molecule has 0 saturated carbocycles. The number of hydrogen-bond donors (Lipinski definition) is 1. The van der Waals surface area contributed by atoms with E-state index in [-0.39, 0.29) is 29.5 Å². The number of carbonyl (C=O) groups is 2. The number of carbonyl (C=O) groups excluding carboxylic acids is 2. The maximum atomic E-state index is 12.3. The van der Waals surface area contributed by atoms with E-state index < -0.39 is 15.9 Å². The lowest BCUT2D eigenvalue weighted by molar-refractivity contribution is -0.119. The molecule has 2 aromatic carbocycles. The molecule has 2 heterocycles. The second-order valence-electron chi connectivity index (χ2n) is 7.14. The van der Waals surface area contributed by atoms with Gasteiger partial charge in [-0.15, -0.1) is 0 Å². The van der Waals surface area contributed by atoms with Gasteiger partial charge in [-0.3, -0.25) is 9.69 Å². The molecule has 0 aliphatic carbocycles. The first-order valence-electron chi connectivity index (χ1n) is 8.92. The van der Waals surface area contributed by atoms with E-state index in [4.69, 9.17) is 4.74 Å². The zero-order valence-corrected chi connectivity index (χ0v) is 16.3.